The van der Waals surface area contributed by atoms with E-state index in [2.05, 4.69) is 4.90 Å². The summed E-state index contributed by atoms with van der Waals surface area (Å²) in [6.07, 6.45) is 0. The van der Waals surface area contributed by atoms with Gasteiger partial charge in [-0.2, -0.15) is 0 Å². The van der Waals surface area contributed by atoms with Gasteiger partial charge in [-0.3, -0.25) is 19.8 Å². The molecule has 1 aromatic carbocycles. The second kappa shape index (κ2) is 5.69. The molecule has 2 atom stereocenters. The number of carbonyl (C=O) groups excluding carboxylic acids is 1. The molecule has 1 aromatic rings. The molecule has 0 saturated carbocycles. The van der Waals surface area contributed by atoms with E-state index in [0.717, 1.165) is 0 Å². The van der Waals surface area contributed by atoms with E-state index < -0.39 is 4.92 Å². The number of rotatable bonds is 2. The quantitative estimate of drug-likeness (QED) is 0.504. The Bertz CT molecular complexity index is 563. The Morgan fingerprint density at radius 1 is 1.33 bits per heavy atom. The molecule has 0 radical (unpaired) electrons. The molecular weight excluding hydrogens is 272 g/mol. The van der Waals surface area contributed by atoms with Crippen LogP contribution in [0.1, 0.15) is 24.2 Å². The maximum Gasteiger partial charge on any atom is 0.270 e. The van der Waals surface area contributed by atoms with Crippen molar-refractivity contribution in [3.8, 4) is 0 Å². The minimum Gasteiger partial charge on any atom is -0.398 e. The topological polar surface area (TPSA) is 92.7 Å². The lowest BCUT2D eigenvalue weighted by molar-refractivity contribution is -0.384. The molecule has 114 valence electrons. The van der Waals surface area contributed by atoms with Crippen molar-refractivity contribution in [3.63, 3.8) is 0 Å². The summed E-state index contributed by atoms with van der Waals surface area (Å²) in [7, 11) is 2.03. The lowest BCUT2D eigenvalue weighted by Crippen LogP contribution is -2.56. The highest BCUT2D eigenvalue weighted by atomic mass is 16.6. The van der Waals surface area contributed by atoms with Gasteiger partial charge >= 0.3 is 0 Å². The average molecular weight is 292 g/mol. The highest BCUT2D eigenvalue weighted by Gasteiger charge is 2.31. The van der Waals surface area contributed by atoms with Crippen LogP contribution in [0.5, 0.6) is 0 Å². The van der Waals surface area contributed by atoms with Crippen LogP contribution in [-0.2, 0) is 0 Å². The molecule has 2 unspecified atom stereocenters. The first-order valence-electron chi connectivity index (χ1n) is 6.86. The van der Waals surface area contributed by atoms with Gasteiger partial charge in [-0.05, 0) is 27.0 Å². The van der Waals surface area contributed by atoms with Crippen molar-refractivity contribution < 1.29 is 9.72 Å². The number of nitrogen functional groups attached to an aromatic ring is 1. The molecule has 1 aliphatic rings. The lowest BCUT2D eigenvalue weighted by atomic mass is 10.1. The fraction of sp³-hybridized carbons (Fsp3) is 0.500. The van der Waals surface area contributed by atoms with E-state index in [1.807, 2.05) is 20.9 Å². The van der Waals surface area contributed by atoms with E-state index >= 15 is 0 Å². The van der Waals surface area contributed by atoms with Crippen molar-refractivity contribution in [2.24, 2.45) is 0 Å². The molecule has 1 aliphatic heterocycles. The Hall–Kier alpha value is -2.15. The van der Waals surface area contributed by atoms with Gasteiger partial charge in [-0.25, -0.2) is 0 Å². The zero-order chi connectivity index (χ0) is 15.7. The highest BCUT2D eigenvalue weighted by Crippen LogP contribution is 2.23. The van der Waals surface area contributed by atoms with Crippen molar-refractivity contribution in [3.05, 3.63) is 33.9 Å². The van der Waals surface area contributed by atoms with Crippen LogP contribution in [0.3, 0.4) is 0 Å². The molecule has 0 bridgehead atoms. The number of hydrogen-bond donors (Lipinski definition) is 1. The van der Waals surface area contributed by atoms with Gasteiger partial charge in [0, 0.05) is 43.0 Å². The van der Waals surface area contributed by atoms with Gasteiger partial charge in [0.1, 0.15) is 0 Å². The number of anilines is 1. The zero-order valence-electron chi connectivity index (χ0n) is 12.4. The Morgan fingerprint density at radius 3 is 2.43 bits per heavy atom. The molecule has 1 saturated heterocycles. The van der Waals surface area contributed by atoms with Crippen LogP contribution in [0.25, 0.3) is 0 Å². The summed E-state index contributed by atoms with van der Waals surface area (Å²) in [5.74, 6) is -0.247. The average Bonchev–Trinajstić information content (AvgIpc) is 2.43. The minimum atomic E-state index is -0.522. The molecule has 2 N–H and O–H groups in total. The van der Waals surface area contributed by atoms with Crippen molar-refractivity contribution in [1.82, 2.24) is 9.80 Å². The van der Waals surface area contributed by atoms with E-state index in [1.165, 1.54) is 18.2 Å². The second-order valence-electron chi connectivity index (χ2n) is 5.60. The summed E-state index contributed by atoms with van der Waals surface area (Å²) in [5.41, 5.74) is 6.16. The maximum absolute atomic E-state index is 12.6. The van der Waals surface area contributed by atoms with Crippen LogP contribution in [-0.4, -0.2) is 52.9 Å². The van der Waals surface area contributed by atoms with E-state index in [9.17, 15) is 14.9 Å². The molecule has 0 aromatic heterocycles. The van der Waals surface area contributed by atoms with Gasteiger partial charge in [0.2, 0.25) is 0 Å². The minimum absolute atomic E-state index is 0.122. The van der Waals surface area contributed by atoms with Crippen LogP contribution in [0.2, 0.25) is 0 Å². The Balaban J connectivity index is 2.28. The third-order valence-corrected chi connectivity index (χ3v) is 4.13. The predicted octanol–water partition coefficient (Wildman–Crippen LogP) is 1.34. The van der Waals surface area contributed by atoms with Crippen LogP contribution in [0.4, 0.5) is 11.4 Å². The number of non-ortho nitro benzene ring substituents is 1. The van der Waals surface area contributed by atoms with Crippen LogP contribution in [0, 0.1) is 10.1 Å². The predicted molar refractivity (Wildman–Crippen MR) is 80.1 cm³/mol. The number of hydrogen-bond acceptors (Lipinski definition) is 5. The van der Waals surface area contributed by atoms with E-state index in [1.54, 1.807) is 4.90 Å². The smallest absolute Gasteiger partial charge is 0.270 e. The number of nitrogens with two attached hydrogens (primary N) is 1. The van der Waals surface area contributed by atoms with Gasteiger partial charge in [-0.1, -0.05) is 0 Å². The van der Waals surface area contributed by atoms with Gasteiger partial charge in [0.25, 0.3) is 11.6 Å². The monoisotopic (exact) mass is 292 g/mol. The first-order valence-corrected chi connectivity index (χ1v) is 6.86. The number of piperazine rings is 1. The van der Waals surface area contributed by atoms with Crippen molar-refractivity contribution >= 4 is 17.3 Å². The van der Waals surface area contributed by atoms with Crippen molar-refractivity contribution in [2.45, 2.75) is 25.9 Å². The first-order chi connectivity index (χ1) is 9.81. The molecule has 7 heteroatoms. The Labute approximate surface area is 123 Å². The third kappa shape index (κ3) is 2.97. The SMILES string of the molecule is CC1CN(C(=O)c2cc([N+](=O)[O-])ccc2N)CC(C)N1C. The molecule has 0 spiro atoms. The summed E-state index contributed by atoms with van der Waals surface area (Å²) in [6, 6.07) is 4.44. The number of carbonyl (C=O) groups is 1. The van der Waals surface area contributed by atoms with Gasteiger partial charge in [0.15, 0.2) is 0 Å². The van der Waals surface area contributed by atoms with E-state index in [0.29, 0.717) is 13.1 Å². The molecule has 7 nitrogen and oxygen atoms in total. The first kappa shape index (κ1) is 15.2. The largest absolute Gasteiger partial charge is 0.398 e. The molecule has 21 heavy (non-hydrogen) atoms. The fourth-order valence-corrected chi connectivity index (χ4v) is 2.58. The molecule has 1 amide bonds. The molecule has 1 fully saturated rings. The summed E-state index contributed by atoms with van der Waals surface area (Å²) >= 11 is 0. The Morgan fingerprint density at radius 2 is 1.90 bits per heavy atom. The van der Waals surface area contributed by atoms with Crippen molar-refractivity contribution in [2.75, 3.05) is 25.9 Å². The number of amides is 1. The van der Waals surface area contributed by atoms with Crippen LogP contribution in [0.15, 0.2) is 18.2 Å². The lowest BCUT2D eigenvalue weighted by Gasteiger charge is -2.42. The van der Waals surface area contributed by atoms with E-state index in [4.69, 9.17) is 5.73 Å². The maximum atomic E-state index is 12.6. The van der Waals surface area contributed by atoms with Crippen molar-refractivity contribution in [1.29, 1.82) is 0 Å². The Kier molecular flexibility index (Phi) is 4.13. The zero-order valence-corrected chi connectivity index (χ0v) is 12.4. The fourth-order valence-electron chi connectivity index (χ4n) is 2.58. The highest BCUT2D eigenvalue weighted by molar-refractivity contribution is 5.99. The van der Waals surface area contributed by atoms with Gasteiger partial charge in [0.05, 0.1) is 10.5 Å². The van der Waals surface area contributed by atoms with Gasteiger partial charge in [-0.15, -0.1) is 0 Å². The number of likely N-dealkylation sites (N-methyl/N-ethyl adjacent to an activating group) is 1. The molecule has 2 rings (SSSR count). The molecule has 0 aliphatic carbocycles. The third-order valence-electron chi connectivity index (χ3n) is 4.13. The molecular formula is C14H20N4O3. The van der Waals surface area contributed by atoms with E-state index in [-0.39, 0.29) is 34.9 Å². The van der Waals surface area contributed by atoms with Crippen LogP contribution < -0.4 is 5.73 Å². The number of benzene rings is 1. The van der Waals surface area contributed by atoms with Crippen LogP contribution >= 0.6 is 0 Å². The van der Waals surface area contributed by atoms with Gasteiger partial charge < -0.3 is 10.6 Å². The normalized spacial score (nSPS) is 23.1. The number of nitro groups is 1. The summed E-state index contributed by atoms with van der Waals surface area (Å²) < 4.78 is 0. The standard InChI is InChI=1S/C14H20N4O3/c1-9-7-17(8-10(2)16(9)3)14(19)12-6-11(18(20)21)4-5-13(12)15/h4-6,9-10H,7-8,15H2,1-3H3. The molecule has 1 heterocycles. The second-order valence-corrected chi connectivity index (χ2v) is 5.60. The summed E-state index contributed by atoms with van der Waals surface area (Å²) in [5, 5.41) is 10.8. The summed E-state index contributed by atoms with van der Waals surface area (Å²) in [6.45, 7) is 5.27. The number of nitro benzene ring substituents is 1. The summed E-state index contributed by atoms with van der Waals surface area (Å²) in [4.78, 5) is 26.8. The number of nitrogens with zero attached hydrogens (tertiary/aromatic N) is 3.